The number of hydrogen-bond acceptors (Lipinski definition) is 5. The molecule has 5 rings (SSSR count). The highest BCUT2D eigenvalue weighted by Gasteiger charge is 2.40. The summed E-state index contributed by atoms with van der Waals surface area (Å²) in [4.78, 5) is 49.2. The van der Waals surface area contributed by atoms with Gasteiger partial charge >= 0.3 is 0 Å². The number of imide groups is 1. The fraction of sp³-hybridized carbons (Fsp3) is 0.462. The maximum atomic E-state index is 13.4. The average Bonchev–Trinajstić information content (AvgIpc) is 3.10. The van der Waals surface area contributed by atoms with Gasteiger partial charge in [-0.3, -0.25) is 24.3 Å². The maximum absolute atomic E-state index is 13.4. The van der Waals surface area contributed by atoms with Crippen LogP contribution in [0.4, 0.5) is 5.69 Å². The Morgan fingerprint density at radius 1 is 1.03 bits per heavy atom. The van der Waals surface area contributed by atoms with E-state index in [0.29, 0.717) is 23.6 Å². The van der Waals surface area contributed by atoms with Gasteiger partial charge in [-0.1, -0.05) is 19.1 Å². The number of fused-ring (bicyclic) bond motifs is 1. The molecule has 0 saturated carbocycles. The molecule has 0 bridgehead atoms. The van der Waals surface area contributed by atoms with Gasteiger partial charge in [-0.05, 0) is 55.4 Å². The van der Waals surface area contributed by atoms with Crippen molar-refractivity contribution in [3.8, 4) is 0 Å². The molecule has 3 amide bonds. The molecule has 1 aromatic carbocycles. The van der Waals surface area contributed by atoms with E-state index in [2.05, 4.69) is 16.8 Å². The fourth-order valence-electron chi connectivity index (χ4n) is 5.28. The van der Waals surface area contributed by atoms with Gasteiger partial charge in [-0.2, -0.15) is 0 Å². The van der Waals surface area contributed by atoms with Gasteiger partial charge in [0, 0.05) is 38.6 Å². The standard InChI is InChI=1S/C26H30N4O3/c1-18-9-13-28(14-10-18)24(31)20-6-4-12-29(17-20)22-8-2-7-21-23(22)26(33)30(25(21)32)16-19-5-3-11-27-15-19/h2-3,5,7-8,11,15,18,20H,4,6,9-10,12-14,16-17H2,1H3. The zero-order valence-electron chi connectivity index (χ0n) is 19.1. The number of likely N-dealkylation sites (tertiary alicyclic amines) is 1. The van der Waals surface area contributed by atoms with Crippen LogP contribution in [0.25, 0.3) is 0 Å². The summed E-state index contributed by atoms with van der Waals surface area (Å²) >= 11 is 0. The van der Waals surface area contributed by atoms with Crippen LogP contribution in [0.1, 0.15) is 58.9 Å². The summed E-state index contributed by atoms with van der Waals surface area (Å²) in [5.41, 5.74) is 2.49. The van der Waals surface area contributed by atoms with Crippen molar-refractivity contribution in [1.82, 2.24) is 14.8 Å². The van der Waals surface area contributed by atoms with Gasteiger partial charge < -0.3 is 9.80 Å². The van der Waals surface area contributed by atoms with Crippen LogP contribution in [0.2, 0.25) is 0 Å². The van der Waals surface area contributed by atoms with Crippen LogP contribution in [0, 0.1) is 11.8 Å². The minimum Gasteiger partial charge on any atom is -0.370 e. The largest absolute Gasteiger partial charge is 0.370 e. The van der Waals surface area contributed by atoms with Crippen molar-refractivity contribution in [2.45, 2.75) is 39.2 Å². The molecule has 7 heteroatoms. The minimum atomic E-state index is -0.271. The lowest BCUT2D eigenvalue weighted by Crippen LogP contribution is -2.47. The molecular formula is C26H30N4O3. The van der Waals surface area contributed by atoms with Gasteiger partial charge in [0.25, 0.3) is 11.8 Å². The summed E-state index contributed by atoms with van der Waals surface area (Å²) < 4.78 is 0. The second-order valence-corrected chi connectivity index (χ2v) is 9.55. The molecule has 2 saturated heterocycles. The molecule has 0 radical (unpaired) electrons. The van der Waals surface area contributed by atoms with Gasteiger partial charge in [0.1, 0.15) is 0 Å². The Morgan fingerprint density at radius 3 is 2.61 bits per heavy atom. The van der Waals surface area contributed by atoms with Crippen molar-refractivity contribution in [2.24, 2.45) is 11.8 Å². The molecule has 33 heavy (non-hydrogen) atoms. The number of hydrogen-bond donors (Lipinski definition) is 0. The zero-order chi connectivity index (χ0) is 22.9. The highest BCUT2D eigenvalue weighted by Crippen LogP contribution is 2.35. The van der Waals surface area contributed by atoms with Crippen molar-refractivity contribution in [3.05, 3.63) is 59.4 Å². The Hall–Kier alpha value is -3.22. The number of nitrogens with zero attached hydrogens (tertiary/aromatic N) is 4. The summed E-state index contributed by atoms with van der Waals surface area (Å²) in [5.74, 6) is 0.309. The van der Waals surface area contributed by atoms with Crippen molar-refractivity contribution in [2.75, 3.05) is 31.1 Å². The fourth-order valence-corrected chi connectivity index (χ4v) is 5.28. The van der Waals surface area contributed by atoms with Gasteiger partial charge in [0.05, 0.1) is 29.3 Å². The number of benzene rings is 1. The minimum absolute atomic E-state index is 0.0679. The second-order valence-electron chi connectivity index (χ2n) is 9.55. The van der Waals surface area contributed by atoms with Crippen molar-refractivity contribution in [3.63, 3.8) is 0 Å². The number of pyridine rings is 1. The number of carbonyl (C=O) groups excluding carboxylic acids is 3. The highest BCUT2D eigenvalue weighted by atomic mass is 16.2. The molecule has 0 aliphatic carbocycles. The van der Waals surface area contributed by atoms with Crippen LogP contribution < -0.4 is 4.90 Å². The Kier molecular flexibility index (Phi) is 5.87. The van der Waals surface area contributed by atoms with E-state index in [-0.39, 0.29) is 30.2 Å². The van der Waals surface area contributed by atoms with Crippen LogP contribution in [0.3, 0.4) is 0 Å². The van der Waals surface area contributed by atoms with E-state index in [1.165, 1.54) is 4.90 Å². The van der Waals surface area contributed by atoms with Crippen LogP contribution >= 0.6 is 0 Å². The van der Waals surface area contributed by atoms with Crippen LogP contribution in [-0.2, 0) is 11.3 Å². The third kappa shape index (κ3) is 4.12. The lowest BCUT2D eigenvalue weighted by atomic mass is 9.92. The lowest BCUT2D eigenvalue weighted by molar-refractivity contribution is -0.137. The van der Waals surface area contributed by atoms with Gasteiger partial charge in [-0.15, -0.1) is 0 Å². The first-order chi connectivity index (χ1) is 16.0. The van der Waals surface area contributed by atoms with E-state index in [0.717, 1.165) is 56.6 Å². The zero-order valence-corrected chi connectivity index (χ0v) is 19.1. The number of rotatable bonds is 4. The number of aromatic nitrogens is 1. The monoisotopic (exact) mass is 446 g/mol. The predicted octanol–water partition coefficient (Wildman–Crippen LogP) is 3.35. The quantitative estimate of drug-likeness (QED) is 0.674. The third-order valence-electron chi connectivity index (χ3n) is 7.25. The summed E-state index contributed by atoms with van der Waals surface area (Å²) in [5, 5.41) is 0. The Labute approximate surface area is 194 Å². The SMILES string of the molecule is CC1CCN(C(=O)C2CCCN(c3cccc4c3C(=O)N(Cc3cccnc3)C4=O)C2)CC1. The first-order valence-electron chi connectivity index (χ1n) is 11.9. The summed E-state index contributed by atoms with van der Waals surface area (Å²) in [7, 11) is 0. The van der Waals surface area contributed by atoms with E-state index in [4.69, 9.17) is 0 Å². The summed E-state index contributed by atoms with van der Waals surface area (Å²) in [6, 6.07) is 9.13. The Balaban J connectivity index is 1.36. The normalized spacial score (nSPS) is 21.5. The third-order valence-corrected chi connectivity index (χ3v) is 7.25. The van der Waals surface area contributed by atoms with E-state index >= 15 is 0 Å². The number of anilines is 1. The van der Waals surface area contributed by atoms with Gasteiger partial charge in [-0.25, -0.2) is 0 Å². The molecule has 0 N–H and O–H groups in total. The first kappa shape index (κ1) is 21.6. The number of carbonyl (C=O) groups is 3. The molecule has 7 nitrogen and oxygen atoms in total. The van der Waals surface area contributed by atoms with Crippen molar-refractivity contribution in [1.29, 1.82) is 0 Å². The smallest absolute Gasteiger partial charge is 0.263 e. The number of amides is 3. The van der Waals surface area contributed by atoms with E-state index in [1.807, 2.05) is 23.1 Å². The Bertz CT molecular complexity index is 1060. The first-order valence-corrected chi connectivity index (χ1v) is 11.9. The molecule has 3 aliphatic heterocycles. The van der Waals surface area contributed by atoms with Crippen LogP contribution in [-0.4, -0.2) is 58.7 Å². The topological polar surface area (TPSA) is 73.8 Å². The molecule has 1 atom stereocenters. The molecule has 0 spiro atoms. The number of piperidine rings is 2. The molecule has 2 fully saturated rings. The average molecular weight is 447 g/mol. The molecule has 172 valence electrons. The van der Waals surface area contributed by atoms with Crippen molar-refractivity contribution < 1.29 is 14.4 Å². The van der Waals surface area contributed by atoms with Gasteiger partial charge in [0.15, 0.2) is 0 Å². The Morgan fingerprint density at radius 2 is 1.85 bits per heavy atom. The molecule has 2 aromatic rings. The van der Waals surface area contributed by atoms with E-state index in [1.54, 1.807) is 24.5 Å². The predicted molar refractivity (Wildman–Crippen MR) is 125 cm³/mol. The molecular weight excluding hydrogens is 416 g/mol. The maximum Gasteiger partial charge on any atom is 0.263 e. The molecule has 1 aromatic heterocycles. The lowest BCUT2D eigenvalue weighted by Gasteiger charge is -2.38. The molecule has 4 heterocycles. The molecule has 3 aliphatic rings. The highest BCUT2D eigenvalue weighted by molar-refractivity contribution is 6.23. The summed E-state index contributed by atoms with van der Waals surface area (Å²) in [6.45, 7) is 5.50. The van der Waals surface area contributed by atoms with Gasteiger partial charge in [0.2, 0.25) is 5.91 Å². The van der Waals surface area contributed by atoms with Crippen LogP contribution in [0.5, 0.6) is 0 Å². The second kappa shape index (κ2) is 8.96. The van der Waals surface area contributed by atoms with Crippen molar-refractivity contribution >= 4 is 23.4 Å². The van der Waals surface area contributed by atoms with Crippen LogP contribution in [0.15, 0.2) is 42.7 Å². The van der Waals surface area contributed by atoms with E-state index < -0.39 is 0 Å². The van der Waals surface area contributed by atoms with E-state index in [9.17, 15) is 14.4 Å². The molecule has 1 unspecified atom stereocenters. The summed E-state index contributed by atoms with van der Waals surface area (Å²) in [6.07, 6.45) is 7.24.